The highest BCUT2D eigenvalue weighted by molar-refractivity contribution is 5.91. The van der Waals surface area contributed by atoms with E-state index in [0.717, 1.165) is 36.1 Å². The summed E-state index contributed by atoms with van der Waals surface area (Å²) < 4.78 is 9.83. The van der Waals surface area contributed by atoms with Crippen molar-refractivity contribution in [1.29, 1.82) is 0 Å². The Morgan fingerprint density at radius 1 is 0.850 bits per heavy atom. The van der Waals surface area contributed by atoms with Gasteiger partial charge in [0.15, 0.2) is 0 Å². The van der Waals surface area contributed by atoms with Crippen LogP contribution in [0.4, 0.5) is 0 Å². The SMILES string of the molecule is C=C(CC)CCOC(=O)/C=C\C(=O)OCCC(=C)CC. The third kappa shape index (κ3) is 10.1. The lowest BCUT2D eigenvalue weighted by Crippen LogP contribution is -2.06. The summed E-state index contributed by atoms with van der Waals surface area (Å²) in [6.45, 7) is 12.2. The lowest BCUT2D eigenvalue weighted by molar-refractivity contribution is -0.140. The van der Waals surface area contributed by atoms with Crippen molar-refractivity contribution in [3.8, 4) is 0 Å². The Bertz CT molecular complexity index is 344. The molecule has 112 valence electrons. The van der Waals surface area contributed by atoms with Crippen LogP contribution in [0.3, 0.4) is 0 Å². The van der Waals surface area contributed by atoms with Gasteiger partial charge < -0.3 is 9.47 Å². The molecule has 0 aliphatic carbocycles. The van der Waals surface area contributed by atoms with E-state index >= 15 is 0 Å². The summed E-state index contributed by atoms with van der Waals surface area (Å²) in [6.07, 6.45) is 5.15. The van der Waals surface area contributed by atoms with E-state index < -0.39 is 11.9 Å². The maximum atomic E-state index is 11.3. The first-order valence-corrected chi connectivity index (χ1v) is 6.84. The monoisotopic (exact) mass is 280 g/mol. The van der Waals surface area contributed by atoms with Crippen LogP contribution in [0.15, 0.2) is 36.5 Å². The molecule has 0 fully saturated rings. The Morgan fingerprint density at radius 2 is 1.20 bits per heavy atom. The van der Waals surface area contributed by atoms with Gasteiger partial charge in [0.1, 0.15) is 0 Å². The molecular formula is C16H24O4. The molecule has 4 nitrogen and oxygen atoms in total. The van der Waals surface area contributed by atoms with Gasteiger partial charge in [-0.2, -0.15) is 0 Å². The van der Waals surface area contributed by atoms with Crippen LogP contribution in [0.25, 0.3) is 0 Å². The van der Waals surface area contributed by atoms with Gasteiger partial charge in [-0.25, -0.2) is 9.59 Å². The fourth-order valence-corrected chi connectivity index (χ4v) is 1.18. The summed E-state index contributed by atoms with van der Waals surface area (Å²) in [4.78, 5) is 22.6. The summed E-state index contributed by atoms with van der Waals surface area (Å²) in [5.41, 5.74) is 2.05. The molecular weight excluding hydrogens is 256 g/mol. The van der Waals surface area contributed by atoms with Crippen LogP contribution in [0.2, 0.25) is 0 Å². The van der Waals surface area contributed by atoms with Gasteiger partial charge in [0.05, 0.1) is 13.2 Å². The Labute approximate surface area is 121 Å². The van der Waals surface area contributed by atoms with E-state index in [0.29, 0.717) is 12.8 Å². The molecule has 0 N–H and O–H groups in total. The minimum absolute atomic E-state index is 0.279. The number of esters is 2. The van der Waals surface area contributed by atoms with Gasteiger partial charge in [0.25, 0.3) is 0 Å². The maximum Gasteiger partial charge on any atom is 0.331 e. The van der Waals surface area contributed by atoms with E-state index in [9.17, 15) is 9.59 Å². The fraction of sp³-hybridized carbons (Fsp3) is 0.500. The first kappa shape index (κ1) is 18.2. The van der Waals surface area contributed by atoms with Gasteiger partial charge in [0.2, 0.25) is 0 Å². The highest BCUT2D eigenvalue weighted by Crippen LogP contribution is 2.03. The van der Waals surface area contributed by atoms with E-state index in [1.807, 2.05) is 13.8 Å². The zero-order chi connectivity index (χ0) is 15.4. The van der Waals surface area contributed by atoms with Crippen molar-refractivity contribution in [1.82, 2.24) is 0 Å². The van der Waals surface area contributed by atoms with Gasteiger partial charge in [0, 0.05) is 25.0 Å². The minimum Gasteiger partial charge on any atom is -0.462 e. The van der Waals surface area contributed by atoms with E-state index in [4.69, 9.17) is 9.47 Å². The summed E-state index contributed by atoms with van der Waals surface area (Å²) in [6, 6.07) is 0. The molecule has 0 unspecified atom stereocenters. The quantitative estimate of drug-likeness (QED) is 0.350. The predicted molar refractivity (Wildman–Crippen MR) is 79.2 cm³/mol. The van der Waals surface area contributed by atoms with Crippen molar-refractivity contribution in [2.75, 3.05) is 13.2 Å². The first-order chi connectivity index (χ1) is 9.49. The second-order valence-electron chi connectivity index (χ2n) is 4.38. The first-order valence-electron chi connectivity index (χ1n) is 6.84. The Hall–Kier alpha value is -1.84. The number of hydrogen-bond acceptors (Lipinski definition) is 4. The van der Waals surface area contributed by atoms with E-state index in [1.165, 1.54) is 0 Å². The number of ether oxygens (including phenoxy) is 2. The zero-order valence-corrected chi connectivity index (χ0v) is 12.4. The fourth-order valence-electron chi connectivity index (χ4n) is 1.18. The normalized spacial score (nSPS) is 10.3. The highest BCUT2D eigenvalue weighted by atomic mass is 16.5. The summed E-state index contributed by atoms with van der Waals surface area (Å²) >= 11 is 0. The van der Waals surface area contributed by atoms with Gasteiger partial charge in [-0.05, 0) is 12.8 Å². The van der Waals surface area contributed by atoms with Crippen molar-refractivity contribution in [3.05, 3.63) is 36.5 Å². The third-order valence-electron chi connectivity index (χ3n) is 2.76. The average molecular weight is 280 g/mol. The summed E-state index contributed by atoms with van der Waals surface area (Å²) in [7, 11) is 0. The highest BCUT2D eigenvalue weighted by Gasteiger charge is 2.02. The van der Waals surface area contributed by atoms with Gasteiger partial charge in [-0.1, -0.05) is 38.2 Å². The van der Waals surface area contributed by atoms with Crippen LogP contribution in [0, 0.1) is 0 Å². The Morgan fingerprint density at radius 3 is 1.50 bits per heavy atom. The molecule has 4 heteroatoms. The average Bonchev–Trinajstić information content (AvgIpc) is 2.44. The van der Waals surface area contributed by atoms with E-state index in [2.05, 4.69) is 13.2 Å². The second kappa shape index (κ2) is 11.0. The molecule has 0 aromatic heterocycles. The molecule has 0 aromatic rings. The number of rotatable bonds is 10. The van der Waals surface area contributed by atoms with Crippen molar-refractivity contribution in [2.45, 2.75) is 39.5 Å². The molecule has 0 amide bonds. The number of carbonyl (C=O) groups excluding carboxylic acids is 2. The maximum absolute atomic E-state index is 11.3. The van der Waals surface area contributed by atoms with Gasteiger partial charge in [-0.3, -0.25) is 0 Å². The molecule has 0 saturated carbocycles. The summed E-state index contributed by atoms with van der Waals surface area (Å²) in [5, 5.41) is 0. The van der Waals surface area contributed by atoms with Crippen LogP contribution in [-0.4, -0.2) is 25.2 Å². The van der Waals surface area contributed by atoms with Crippen LogP contribution >= 0.6 is 0 Å². The van der Waals surface area contributed by atoms with E-state index in [-0.39, 0.29) is 13.2 Å². The third-order valence-corrected chi connectivity index (χ3v) is 2.76. The largest absolute Gasteiger partial charge is 0.462 e. The van der Waals surface area contributed by atoms with Crippen LogP contribution in [0.1, 0.15) is 39.5 Å². The van der Waals surface area contributed by atoms with Gasteiger partial charge in [-0.15, -0.1) is 0 Å². The lowest BCUT2D eigenvalue weighted by Gasteiger charge is -2.04. The number of carbonyl (C=O) groups is 2. The lowest BCUT2D eigenvalue weighted by atomic mass is 10.2. The molecule has 0 aliphatic rings. The standard InChI is InChI=1S/C16H24O4/c1-5-13(3)9-11-19-15(17)7-8-16(18)20-12-10-14(4)6-2/h7-8H,3-6,9-12H2,1-2H3/b8-7-. The molecule has 0 spiro atoms. The van der Waals surface area contributed by atoms with Gasteiger partial charge >= 0.3 is 11.9 Å². The minimum atomic E-state index is -0.552. The number of hydrogen-bond donors (Lipinski definition) is 0. The molecule has 20 heavy (non-hydrogen) atoms. The molecule has 0 heterocycles. The predicted octanol–water partition coefficient (Wildman–Crippen LogP) is 3.34. The Kier molecular flexibility index (Phi) is 10.0. The molecule has 0 rings (SSSR count). The van der Waals surface area contributed by atoms with Crippen molar-refractivity contribution >= 4 is 11.9 Å². The van der Waals surface area contributed by atoms with E-state index in [1.54, 1.807) is 0 Å². The molecule has 0 aromatic carbocycles. The van der Waals surface area contributed by atoms with Crippen molar-refractivity contribution in [3.63, 3.8) is 0 Å². The Balaban J connectivity index is 3.80. The molecule has 0 radical (unpaired) electrons. The molecule has 0 atom stereocenters. The van der Waals surface area contributed by atoms with Crippen LogP contribution < -0.4 is 0 Å². The van der Waals surface area contributed by atoms with Crippen molar-refractivity contribution < 1.29 is 19.1 Å². The molecule has 0 aliphatic heterocycles. The smallest absolute Gasteiger partial charge is 0.331 e. The topological polar surface area (TPSA) is 52.6 Å². The summed E-state index contributed by atoms with van der Waals surface area (Å²) in [5.74, 6) is -1.10. The van der Waals surface area contributed by atoms with Crippen molar-refractivity contribution in [2.24, 2.45) is 0 Å². The molecule has 0 bridgehead atoms. The van der Waals surface area contributed by atoms with Crippen LogP contribution in [-0.2, 0) is 19.1 Å². The van der Waals surface area contributed by atoms with Crippen LogP contribution in [0.5, 0.6) is 0 Å². The second-order valence-corrected chi connectivity index (χ2v) is 4.38. The molecule has 0 saturated heterocycles. The zero-order valence-electron chi connectivity index (χ0n) is 12.4.